The fourth-order valence-corrected chi connectivity index (χ4v) is 4.36. The van der Waals surface area contributed by atoms with E-state index in [2.05, 4.69) is 4.72 Å². The third-order valence-corrected chi connectivity index (χ3v) is 5.60. The van der Waals surface area contributed by atoms with Gasteiger partial charge in [-0.3, -0.25) is 4.72 Å². The molecule has 24 heavy (non-hydrogen) atoms. The number of fused-ring (bicyclic) bond motifs is 1. The Labute approximate surface area is 139 Å². The second-order valence-electron chi connectivity index (χ2n) is 5.66. The van der Waals surface area contributed by atoms with Crippen molar-refractivity contribution in [2.75, 3.05) is 11.8 Å². The summed E-state index contributed by atoms with van der Waals surface area (Å²) < 4.78 is 59.3. The first kappa shape index (κ1) is 16.7. The average Bonchev–Trinajstić information content (AvgIpc) is 2.56. The van der Waals surface area contributed by atoms with Crippen molar-refractivity contribution in [3.63, 3.8) is 0 Å². The number of methoxy groups -OCH3 is 1. The van der Waals surface area contributed by atoms with Gasteiger partial charge in [-0.2, -0.15) is 0 Å². The first-order valence-electron chi connectivity index (χ1n) is 7.59. The number of hydrogen-bond donors (Lipinski definition) is 1. The van der Waals surface area contributed by atoms with Crippen LogP contribution in [0.1, 0.15) is 24.0 Å². The zero-order valence-electron chi connectivity index (χ0n) is 13.1. The Kier molecular flexibility index (Phi) is 4.45. The molecule has 0 radical (unpaired) electrons. The van der Waals surface area contributed by atoms with Crippen LogP contribution in [-0.4, -0.2) is 15.5 Å². The van der Waals surface area contributed by atoms with Gasteiger partial charge in [0.1, 0.15) is 5.75 Å². The van der Waals surface area contributed by atoms with Crippen molar-refractivity contribution in [2.24, 2.45) is 0 Å². The minimum atomic E-state index is -3.90. The smallest absolute Gasteiger partial charge is 0.262 e. The lowest BCUT2D eigenvalue weighted by atomic mass is 9.91. The number of sulfonamides is 1. The highest BCUT2D eigenvalue weighted by Gasteiger charge is 2.25. The highest BCUT2D eigenvalue weighted by atomic mass is 32.2. The van der Waals surface area contributed by atoms with Crippen LogP contribution in [0.3, 0.4) is 0 Å². The lowest BCUT2D eigenvalue weighted by Crippen LogP contribution is -2.18. The summed E-state index contributed by atoms with van der Waals surface area (Å²) >= 11 is 0. The normalized spacial score (nSPS) is 14.1. The number of halogens is 2. The molecule has 0 heterocycles. The van der Waals surface area contributed by atoms with Gasteiger partial charge in [-0.05, 0) is 61.1 Å². The SMILES string of the molecule is COc1ccc(S(=O)(=O)Nc2ccc(F)c(F)c2)c2c1CCCC2. The molecule has 0 fully saturated rings. The van der Waals surface area contributed by atoms with Crippen LogP contribution in [0.4, 0.5) is 14.5 Å². The van der Waals surface area contributed by atoms with Crippen molar-refractivity contribution in [3.8, 4) is 5.75 Å². The van der Waals surface area contributed by atoms with Gasteiger partial charge in [0.15, 0.2) is 11.6 Å². The molecule has 1 aliphatic carbocycles. The molecule has 0 aromatic heterocycles. The predicted octanol–water partition coefficient (Wildman–Crippen LogP) is 3.65. The van der Waals surface area contributed by atoms with Crippen LogP contribution >= 0.6 is 0 Å². The van der Waals surface area contributed by atoms with E-state index in [4.69, 9.17) is 4.74 Å². The zero-order valence-corrected chi connectivity index (χ0v) is 13.9. The Bertz CT molecular complexity index is 882. The zero-order chi connectivity index (χ0) is 17.3. The van der Waals surface area contributed by atoms with Gasteiger partial charge in [-0.25, -0.2) is 17.2 Å². The molecular formula is C17H17F2NO3S. The molecule has 0 spiro atoms. The second kappa shape index (κ2) is 6.39. The van der Waals surface area contributed by atoms with Gasteiger partial charge in [-0.1, -0.05) is 0 Å². The van der Waals surface area contributed by atoms with Crippen LogP contribution in [-0.2, 0) is 22.9 Å². The molecule has 3 rings (SSSR count). The maximum atomic E-state index is 13.3. The Morgan fingerprint density at radius 2 is 1.71 bits per heavy atom. The Balaban J connectivity index is 2.02. The van der Waals surface area contributed by atoms with Crippen LogP contribution in [0.25, 0.3) is 0 Å². The standard InChI is InChI=1S/C17H17F2NO3S/c1-23-16-8-9-17(13-5-3-2-4-12(13)16)24(21,22)20-11-6-7-14(18)15(19)10-11/h6-10,20H,2-5H2,1H3. The summed E-state index contributed by atoms with van der Waals surface area (Å²) in [6.07, 6.45) is 3.27. The third-order valence-electron chi connectivity index (χ3n) is 4.13. The number of anilines is 1. The fourth-order valence-electron chi connectivity index (χ4n) is 3.01. The molecule has 0 aliphatic heterocycles. The van der Waals surface area contributed by atoms with E-state index in [1.54, 1.807) is 13.2 Å². The fraction of sp³-hybridized carbons (Fsp3) is 0.294. The summed E-state index contributed by atoms with van der Waals surface area (Å²) in [5.74, 6) is -1.46. The van der Waals surface area contributed by atoms with Gasteiger partial charge in [0, 0.05) is 6.07 Å². The Morgan fingerprint density at radius 1 is 1.00 bits per heavy atom. The van der Waals surface area contributed by atoms with E-state index in [1.807, 2.05) is 0 Å². The first-order valence-corrected chi connectivity index (χ1v) is 9.07. The minimum absolute atomic E-state index is 0.0192. The Hall–Kier alpha value is -2.15. The van der Waals surface area contributed by atoms with Crippen molar-refractivity contribution >= 4 is 15.7 Å². The van der Waals surface area contributed by atoms with Gasteiger partial charge in [-0.15, -0.1) is 0 Å². The molecule has 128 valence electrons. The van der Waals surface area contributed by atoms with E-state index in [1.165, 1.54) is 12.1 Å². The molecule has 0 saturated carbocycles. The molecule has 0 unspecified atom stereocenters. The number of benzene rings is 2. The monoisotopic (exact) mass is 353 g/mol. The van der Waals surface area contributed by atoms with E-state index in [-0.39, 0.29) is 10.6 Å². The number of ether oxygens (including phenoxy) is 1. The van der Waals surface area contributed by atoms with Crippen molar-refractivity contribution in [1.82, 2.24) is 0 Å². The van der Waals surface area contributed by atoms with E-state index >= 15 is 0 Å². The van der Waals surface area contributed by atoms with Gasteiger partial charge in [0.05, 0.1) is 17.7 Å². The second-order valence-corrected chi connectivity index (χ2v) is 7.32. The van der Waals surface area contributed by atoms with Crippen LogP contribution in [0.5, 0.6) is 5.75 Å². The maximum Gasteiger partial charge on any atom is 0.262 e. The number of rotatable bonds is 4. The van der Waals surface area contributed by atoms with Crippen LogP contribution < -0.4 is 9.46 Å². The third kappa shape index (κ3) is 3.08. The molecule has 1 N–H and O–H groups in total. The van der Waals surface area contributed by atoms with Gasteiger partial charge in [0.2, 0.25) is 0 Å². The van der Waals surface area contributed by atoms with E-state index in [0.29, 0.717) is 12.2 Å². The number of nitrogens with one attached hydrogen (secondary N) is 1. The molecule has 0 saturated heterocycles. The van der Waals surface area contributed by atoms with Gasteiger partial charge < -0.3 is 4.74 Å². The summed E-state index contributed by atoms with van der Waals surface area (Å²) in [6, 6.07) is 6.01. The van der Waals surface area contributed by atoms with Gasteiger partial charge >= 0.3 is 0 Å². The molecule has 0 amide bonds. The summed E-state index contributed by atoms with van der Waals surface area (Å²) in [7, 11) is -2.35. The lowest BCUT2D eigenvalue weighted by molar-refractivity contribution is 0.405. The summed E-state index contributed by atoms with van der Waals surface area (Å²) in [5, 5.41) is 0. The molecule has 2 aromatic carbocycles. The topological polar surface area (TPSA) is 55.4 Å². The Morgan fingerprint density at radius 3 is 2.38 bits per heavy atom. The molecule has 1 aliphatic rings. The number of hydrogen-bond acceptors (Lipinski definition) is 3. The van der Waals surface area contributed by atoms with Crippen molar-refractivity contribution < 1.29 is 21.9 Å². The van der Waals surface area contributed by atoms with E-state index in [0.717, 1.165) is 42.5 Å². The van der Waals surface area contributed by atoms with Gasteiger partial charge in [0.25, 0.3) is 10.0 Å². The molecule has 7 heteroatoms. The molecular weight excluding hydrogens is 336 g/mol. The summed E-state index contributed by atoms with van der Waals surface area (Å²) in [4.78, 5) is 0.155. The van der Waals surface area contributed by atoms with Crippen molar-refractivity contribution in [2.45, 2.75) is 30.6 Å². The van der Waals surface area contributed by atoms with E-state index in [9.17, 15) is 17.2 Å². The van der Waals surface area contributed by atoms with Crippen LogP contribution in [0, 0.1) is 11.6 Å². The largest absolute Gasteiger partial charge is 0.496 e. The minimum Gasteiger partial charge on any atom is -0.496 e. The molecule has 2 aromatic rings. The highest BCUT2D eigenvalue weighted by molar-refractivity contribution is 7.92. The first-order chi connectivity index (χ1) is 11.4. The quantitative estimate of drug-likeness (QED) is 0.913. The van der Waals surface area contributed by atoms with Crippen molar-refractivity contribution in [3.05, 3.63) is 53.1 Å². The highest BCUT2D eigenvalue weighted by Crippen LogP contribution is 2.34. The predicted molar refractivity (Wildman–Crippen MR) is 86.8 cm³/mol. The lowest BCUT2D eigenvalue weighted by Gasteiger charge is -2.22. The molecule has 0 bridgehead atoms. The van der Waals surface area contributed by atoms with E-state index < -0.39 is 21.7 Å². The van der Waals surface area contributed by atoms with Crippen LogP contribution in [0.2, 0.25) is 0 Å². The molecule has 4 nitrogen and oxygen atoms in total. The average molecular weight is 353 g/mol. The summed E-state index contributed by atoms with van der Waals surface area (Å²) in [5.41, 5.74) is 1.61. The summed E-state index contributed by atoms with van der Waals surface area (Å²) in [6.45, 7) is 0. The molecule has 0 atom stereocenters. The van der Waals surface area contributed by atoms with Crippen molar-refractivity contribution in [1.29, 1.82) is 0 Å². The van der Waals surface area contributed by atoms with Crippen LogP contribution in [0.15, 0.2) is 35.2 Å². The maximum absolute atomic E-state index is 13.3.